The van der Waals surface area contributed by atoms with E-state index in [0.717, 1.165) is 6.92 Å². The van der Waals surface area contributed by atoms with Crippen molar-refractivity contribution >= 4 is 40.4 Å². The van der Waals surface area contributed by atoms with E-state index in [1.54, 1.807) is 60.7 Å². The fourth-order valence-corrected chi connectivity index (χ4v) is 5.40. The van der Waals surface area contributed by atoms with Crippen molar-refractivity contribution in [2.45, 2.75) is 29.9 Å². The molecule has 200 valence electrons. The zero-order valence-electron chi connectivity index (χ0n) is 20.6. The van der Waals surface area contributed by atoms with Crippen LogP contribution in [0.3, 0.4) is 0 Å². The first-order chi connectivity index (χ1) is 18.0. The van der Waals surface area contributed by atoms with Gasteiger partial charge >= 0.3 is 0 Å². The first-order valence-corrected chi connectivity index (χ1v) is 13.7. The molecule has 2 atom stereocenters. The zero-order valence-corrected chi connectivity index (χ0v) is 22.3. The van der Waals surface area contributed by atoms with E-state index < -0.39 is 33.7 Å². The van der Waals surface area contributed by atoms with Gasteiger partial charge in [0.25, 0.3) is 10.0 Å². The quantitative estimate of drug-likeness (QED) is 0.212. The summed E-state index contributed by atoms with van der Waals surface area (Å²) in [7, 11) is -4.07. The molecule has 0 bridgehead atoms. The Bertz CT molecular complexity index is 1430. The van der Waals surface area contributed by atoms with Crippen LogP contribution in [-0.2, 0) is 37.2 Å². The maximum atomic E-state index is 13.9. The smallest absolute Gasteiger partial charge is 0.264 e. The van der Waals surface area contributed by atoms with Crippen molar-refractivity contribution in [1.82, 2.24) is 10.0 Å². The van der Waals surface area contributed by atoms with Crippen molar-refractivity contribution in [1.29, 1.82) is 0 Å². The summed E-state index contributed by atoms with van der Waals surface area (Å²) in [5.41, 5.74) is 7.54. The number of sulfonamides is 1. The van der Waals surface area contributed by atoms with Crippen LogP contribution in [0.15, 0.2) is 77.7 Å². The van der Waals surface area contributed by atoms with Crippen molar-refractivity contribution in [3.05, 3.63) is 89.7 Å². The number of hydrogen-bond donors (Lipinski definition) is 4. The number of carbonyl (C=O) groups excluding carboxylic acids is 3. The molecule has 0 heterocycles. The molecule has 8 nitrogen and oxygen atoms in total. The van der Waals surface area contributed by atoms with Crippen LogP contribution in [0.5, 0.6) is 0 Å². The zero-order chi connectivity index (χ0) is 27.9. The van der Waals surface area contributed by atoms with Crippen LogP contribution < -0.4 is 15.8 Å². The monoisotopic (exact) mass is 557 g/mol. The van der Waals surface area contributed by atoms with Gasteiger partial charge in [-0.15, -0.1) is 0 Å². The third-order valence-electron chi connectivity index (χ3n) is 5.74. The number of hydrogen-bond acceptors (Lipinski definition) is 6. The SMILES string of the molecule is CC(=O)NS(=O)(=O)c1ccccc1-c1ccc(CC(C(N)=O)C(=O)NC[C@@H](S)Cc2ccccc2F)cc1. The molecule has 11 heteroatoms. The summed E-state index contributed by atoms with van der Waals surface area (Å²) >= 11 is 4.41. The minimum atomic E-state index is -4.07. The summed E-state index contributed by atoms with van der Waals surface area (Å²) in [5, 5.41) is 2.28. The lowest BCUT2D eigenvalue weighted by Gasteiger charge is -2.17. The van der Waals surface area contributed by atoms with Gasteiger partial charge in [0.15, 0.2) is 0 Å². The molecule has 3 aromatic rings. The summed E-state index contributed by atoms with van der Waals surface area (Å²) in [5.74, 6) is -3.58. The van der Waals surface area contributed by atoms with E-state index in [0.29, 0.717) is 22.3 Å². The average molecular weight is 558 g/mol. The lowest BCUT2D eigenvalue weighted by Crippen LogP contribution is -2.42. The molecular weight excluding hydrogens is 529 g/mol. The molecule has 38 heavy (non-hydrogen) atoms. The van der Waals surface area contributed by atoms with Gasteiger partial charge in [-0.1, -0.05) is 60.7 Å². The molecule has 0 spiro atoms. The number of carbonyl (C=O) groups is 3. The molecule has 1 unspecified atom stereocenters. The van der Waals surface area contributed by atoms with Crippen LogP contribution in [0.4, 0.5) is 4.39 Å². The van der Waals surface area contributed by atoms with Crippen molar-refractivity contribution < 1.29 is 27.2 Å². The fraction of sp³-hybridized carbons (Fsp3) is 0.222. The number of rotatable bonds is 11. The molecule has 0 aliphatic rings. The molecule has 0 saturated heterocycles. The van der Waals surface area contributed by atoms with Crippen LogP contribution in [0, 0.1) is 11.7 Å². The van der Waals surface area contributed by atoms with Gasteiger partial charge in [-0.25, -0.2) is 17.5 Å². The van der Waals surface area contributed by atoms with Crippen molar-refractivity contribution in [3.63, 3.8) is 0 Å². The minimum Gasteiger partial charge on any atom is -0.369 e. The topological polar surface area (TPSA) is 135 Å². The number of primary amides is 1. The fourth-order valence-electron chi connectivity index (χ4n) is 3.89. The second-order valence-corrected chi connectivity index (χ2v) is 11.1. The Morgan fingerprint density at radius 1 is 0.947 bits per heavy atom. The van der Waals surface area contributed by atoms with Crippen LogP contribution in [0.2, 0.25) is 0 Å². The highest BCUT2D eigenvalue weighted by molar-refractivity contribution is 7.90. The van der Waals surface area contributed by atoms with Crippen molar-refractivity contribution in [2.24, 2.45) is 11.7 Å². The minimum absolute atomic E-state index is 0.0256. The second kappa shape index (κ2) is 12.7. The molecule has 3 rings (SSSR count). The lowest BCUT2D eigenvalue weighted by molar-refractivity contribution is -0.133. The molecule has 4 N–H and O–H groups in total. The number of amides is 3. The van der Waals surface area contributed by atoms with E-state index in [2.05, 4.69) is 17.9 Å². The maximum absolute atomic E-state index is 13.9. The van der Waals surface area contributed by atoms with E-state index in [1.165, 1.54) is 12.1 Å². The van der Waals surface area contributed by atoms with Gasteiger partial charge in [0, 0.05) is 24.3 Å². The number of nitrogens with two attached hydrogens (primary N) is 1. The van der Waals surface area contributed by atoms with Gasteiger partial charge in [0.2, 0.25) is 17.7 Å². The Hall–Kier alpha value is -3.70. The van der Waals surface area contributed by atoms with Crippen LogP contribution >= 0.6 is 12.6 Å². The lowest BCUT2D eigenvalue weighted by atomic mass is 9.95. The summed E-state index contributed by atoms with van der Waals surface area (Å²) in [6.45, 7) is 1.22. The van der Waals surface area contributed by atoms with Gasteiger partial charge in [0.1, 0.15) is 11.7 Å². The first kappa shape index (κ1) is 28.9. The maximum Gasteiger partial charge on any atom is 0.264 e. The van der Waals surface area contributed by atoms with Gasteiger partial charge in [-0.05, 0) is 41.7 Å². The largest absolute Gasteiger partial charge is 0.369 e. The third kappa shape index (κ3) is 7.65. The van der Waals surface area contributed by atoms with Crippen molar-refractivity contribution in [3.8, 4) is 11.1 Å². The number of benzene rings is 3. The predicted molar refractivity (Wildman–Crippen MR) is 145 cm³/mol. The molecule has 0 aliphatic carbocycles. The van der Waals surface area contributed by atoms with Gasteiger partial charge in [-0.2, -0.15) is 12.6 Å². The first-order valence-electron chi connectivity index (χ1n) is 11.7. The summed E-state index contributed by atoms with van der Waals surface area (Å²) < 4.78 is 41.0. The molecule has 0 fully saturated rings. The molecule has 0 aliphatic heterocycles. The van der Waals surface area contributed by atoms with Gasteiger partial charge in [0.05, 0.1) is 4.90 Å². The molecule has 3 amide bonds. The molecular formula is C27H28FN3O5S2. The highest BCUT2D eigenvalue weighted by Crippen LogP contribution is 2.28. The second-order valence-electron chi connectivity index (χ2n) is 8.71. The summed E-state index contributed by atoms with van der Waals surface area (Å²) in [4.78, 5) is 36.0. The van der Waals surface area contributed by atoms with Gasteiger partial charge in [-0.3, -0.25) is 14.4 Å². The van der Waals surface area contributed by atoms with Crippen molar-refractivity contribution in [2.75, 3.05) is 6.54 Å². The average Bonchev–Trinajstić information content (AvgIpc) is 2.86. The number of thiol groups is 1. The van der Waals surface area contributed by atoms with E-state index in [4.69, 9.17) is 5.73 Å². The summed E-state index contributed by atoms with van der Waals surface area (Å²) in [6, 6.07) is 19.2. The third-order valence-corrected chi connectivity index (χ3v) is 7.60. The Balaban J connectivity index is 1.69. The highest BCUT2D eigenvalue weighted by atomic mass is 32.2. The van der Waals surface area contributed by atoms with E-state index >= 15 is 0 Å². The normalized spacial score (nSPS) is 12.8. The molecule has 0 saturated carbocycles. The Morgan fingerprint density at radius 2 is 1.58 bits per heavy atom. The number of halogens is 1. The Morgan fingerprint density at radius 3 is 2.21 bits per heavy atom. The Kier molecular flexibility index (Phi) is 9.65. The number of nitrogens with one attached hydrogen (secondary N) is 2. The Labute approximate surface area is 226 Å². The van der Waals surface area contributed by atoms with Crippen LogP contribution in [0.25, 0.3) is 11.1 Å². The molecule has 3 aromatic carbocycles. The van der Waals surface area contributed by atoms with Crippen LogP contribution in [-0.4, -0.2) is 37.9 Å². The van der Waals surface area contributed by atoms with E-state index in [9.17, 15) is 27.2 Å². The summed E-state index contributed by atoms with van der Waals surface area (Å²) in [6.07, 6.45) is 0.315. The van der Waals surface area contributed by atoms with E-state index in [-0.39, 0.29) is 35.3 Å². The van der Waals surface area contributed by atoms with E-state index in [1.807, 2.05) is 4.72 Å². The van der Waals surface area contributed by atoms with Gasteiger partial charge < -0.3 is 11.1 Å². The van der Waals surface area contributed by atoms with Crippen LogP contribution in [0.1, 0.15) is 18.1 Å². The standard InChI is InChI=1S/C27H28FN3O5S2/c1-17(32)31-38(35,36)25-9-5-3-7-22(25)19-12-10-18(11-13-19)14-23(26(29)33)27(34)30-16-21(37)15-20-6-2-4-8-24(20)28/h2-13,21,23,37H,14-16H2,1H3,(H2,29,33)(H,30,34)(H,31,32)/t21-,23?/m0/s1. The molecule has 0 aromatic heterocycles. The molecule has 0 radical (unpaired) electrons. The highest BCUT2D eigenvalue weighted by Gasteiger charge is 2.26. The predicted octanol–water partition coefficient (Wildman–Crippen LogP) is 2.62.